The van der Waals surface area contributed by atoms with Crippen molar-refractivity contribution in [3.8, 4) is 5.75 Å². The summed E-state index contributed by atoms with van der Waals surface area (Å²) in [5.41, 5.74) is 0.734. The Labute approximate surface area is 142 Å². The minimum absolute atomic E-state index is 0.130. The van der Waals surface area contributed by atoms with Crippen LogP contribution in [0.15, 0.2) is 18.2 Å². The number of fused-ring (bicyclic) bond motifs is 1. The van der Waals surface area contributed by atoms with Crippen LogP contribution in [0.5, 0.6) is 5.75 Å². The lowest BCUT2D eigenvalue weighted by Crippen LogP contribution is -2.60. The molecule has 2 aliphatic rings. The molecule has 1 fully saturated rings. The lowest BCUT2D eigenvalue weighted by molar-refractivity contribution is -0.0696. The fourth-order valence-electron chi connectivity index (χ4n) is 4.35. The van der Waals surface area contributed by atoms with Crippen molar-refractivity contribution in [2.45, 2.75) is 46.1 Å². The third-order valence-corrected chi connectivity index (χ3v) is 5.33. The summed E-state index contributed by atoms with van der Waals surface area (Å²) >= 11 is 0. The molecule has 5 heteroatoms. The van der Waals surface area contributed by atoms with Crippen molar-refractivity contribution < 1.29 is 19.4 Å². The average Bonchev–Trinajstić information content (AvgIpc) is 2.45. The van der Waals surface area contributed by atoms with Crippen LogP contribution in [-0.4, -0.2) is 40.6 Å². The number of Topliss-reactive ketones (excluding diaryl/α,β-unsaturated/α-hetero) is 1. The summed E-state index contributed by atoms with van der Waals surface area (Å²) < 4.78 is 6.44. The van der Waals surface area contributed by atoms with E-state index >= 15 is 0 Å². The molecule has 2 aliphatic heterocycles. The molecule has 0 aromatic heterocycles. The second-order valence-electron chi connectivity index (χ2n) is 8.05. The zero-order valence-electron chi connectivity index (χ0n) is 14.8. The molecule has 2 heterocycles. The van der Waals surface area contributed by atoms with E-state index in [-0.39, 0.29) is 17.1 Å². The van der Waals surface area contributed by atoms with Crippen LogP contribution in [0.2, 0.25) is 0 Å². The number of hydrogen-bond acceptors (Lipinski definition) is 3. The fraction of sp³-hybridized carbons (Fsp3) is 0.579. The molecule has 0 bridgehead atoms. The van der Waals surface area contributed by atoms with Crippen LogP contribution < -0.4 is 4.74 Å². The van der Waals surface area contributed by atoms with Crippen LogP contribution >= 0.6 is 0 Å². The molecule has 1 aromatic carbocycles. The topological polar surface area (TPSA) is 66.8 Å². The smallest absolute Gasteiger partial charge is 0.407 e. The first-order chi connectivity index (χ1) is 11.2. The van der Waals surface area contributed by atoms with Gasteiger partial charge in [-0.2, -0.15) is 0 Å². The van der Waals surface area contributed by atoms with Crippen molar-refractivity contribution in [3.05, 3.63) is 29.3 Å². The standard InChI is InChI=1S/C19H25NO4/c1-12-6-5-7-13-14(12)15(21)16(18(2,3)4)19(24-13)8-10-20(11-9-19)17(22)23/h5-7,16H,8-11H2,1-4H3,(H,22,23). The Morgan fingerprint density at radius 3 is 2.46 bits per heavy atom. The van der Waals surface area contributed by atoms with Gasteiger partial charge in [-0.25, -0.2) is 4.79 Å². The first-order valence-electron chi connectivity index (χ1n) is 8.46. The van der Waals surface area contributed by atoms with Gasteiger partial charge in [-0.05, 0) is 24.0 Å². The van der Waals surface area contributed by atoms with Crippen molar-refractivity contribution in [2.75, 3.05) is 13.1 Å². The van der Waals surface area contributed by atoms with E-state index < -0.39 is 11.7 Å². The monoisotopic (exact) mass is 331 g/mol. The third-order valence-electron chi connectivity index (χ3n) is 5.33. The molecule has 1 unspecified atom stereocenters. The van der Waals surface area contributed by atoms with Crippen molar-refractivity contribution in [1.82, 2.24) is 4.90 Å². The van der Waals surface area contributed by atoms with Gasteiger partial charge in [0.2, 0.25) is 0 Å². The zero-order valence-corrected chi connectivity index (χ0v) is 14.8. The molecular weight excluding hydrogens is 306 g/mol. The summed E-state index contributed by atoms with van der Waals surface area (Å²) in [5, 5.41) is 9.22. The maximum Gasteiger partial charge on any atom is 0.407 e. The van der Waals surface area contributed by atoms with Crippen LogP contribution in [-0.2, 0) is 0 Å². The predicted octanol–water partition coefficient (Wildman–Crippen LogP) is 3.75. The average molecular weight is 331 g/mol. The number of carboxylic acid groups (broad SMARTS) is 1. The molecule has 0 saturated carbocycles. The highest BCUT2D eigenvalue weighted by molar-refractivity contribution is 6.03. The lowest BCUT2D eigenvalue weighted by atomic mass is 9.62. The van der Waals surface area contributed by atoms with Gasteiger partial charge in [0.25, 0.3) is 0 Å². The largest absolute Gasteiger partial charge is 0.486 e. The van der Waals surface area contributed by atoms with E-state index in [4.69, 9.17) is 4.74 Å². The molecule has 0 aliphatic carbocycles. The number of ketones is 1. The van der Waals surface area contributed by atoms with E-state index in [1.165, 1.54) is 4.90 Å². The van der Waals surface area contributed by atoms with Crippen molar-refractivity contribution in [1.29, 1.82) is 0 Å². The minimum Gasteiger partial charge on any atom is -0.486 e. The number of ether oxygens (including phenoxy) is 1. The highest BCUT2D eigenvalue weighted by Gasteiger charge is 2.55. The molecule has 1 spiro atoms. The maximum absolute atomic E-state index is 13.4. The molecule has 3 rings (SSSR count). The zero-order chi connectivity index (χ0) is 17.7. The van der Waals surface area contributed by atoms with Gasteiger partial charge in [0, 0.05) is 25.9 Å². The van der Waals surface area contributed by atoms with Crippen LogP contribution in [0.4, 0.5) is 4.79 Å². The summed E-state index contributed by atoms with van der Waals surface area (Å²) in [6.07, 6.45) is 0.177. The van der Waals surface area contributed by atoms with Gasteiger partial charge in [0.15, 0.2) is 5.78 Å². The second kappa shape index (κ2) is 5.50. The fourth-order valence-corrected chi connectivity index (χ4v) is 4.35. The maximum atomic E-state index is 13.4. The first kappa shape index (κ1) is 16.8. The molecular formula is C19H25NO4. The number of likely N-dealkylation sites (tertiary alicyclic amines) is 1. The lowest BCUT2D eigenvalue weighted by Gasteiger charge is -2.52. The van der Waals surface area contributed by atoms with E-state index in [0.29, 0.717) is 37.2 Å². The number of piperidine rings is 1. The molecule has 1 saturated heterocycles. The van der Waals surface area contributed by atoms with Crippen LogP contribution in [0.25, 0.3) is 0 Å². The minimum atomic E-state index is -0.907. The van der Waals surface area contributed by atoms with Crippen LogP contribution in [0.3, 0.4) is 0 Å². The number of rotatable bonds is 0. The molecule has 1 N–H and O–H groups in total. The Bertz CT molecular complexity index is 681. The Morgan fingerprint density at radius 2 is 1.92 bits per heavy atom. The quantitative estimate of drug-likeness (QED) is 0.786. The Balaban J connectivity index is 2.05. The Kier molecular flexibility index (Phi) is 3.85. The van der Waals surface area contributed by atoms with Gasteiger partial charge in [0.05, 0.1) is 11.5 Å². The van der Waals surface area contributed by atoms with E-state index in [9.17, 15) is 14.7 Å². The van der Waals surface area contributed by atoms with E-state index in [2.05, 4.69) is 20.8 Å². The summed E-state index contributed by atoms with van der Waals surface area (Å²) in [5.74, 6) is 0.490. The number of amides is 1. The van der Waals surface area contributed by atoms with Gasteiger partial charge >= 0.3 is 6.09 Å². The van der Waals surface area contributed by atoms with Crippen molar-refractivity contribution in [2.24, 2.45) is 11.3 Å². The highest BCUT2D eigenvalue weighted by Crippen LogP contribution is 2.50. The number of hydrogen-bond donors (Lipinski definition) is 1. The van der Waals surface area contributed by atoms with Gasteiger partial charge in [-0.1, -0.05) is 32.9 Å². The van der Waals surface area contributed by atoms with Gasteiger partial charge in [-0.3, -0.25) is 4.79 Å². The molecule has 0 radical (unpaired) electrons. The normalized spacial score (nSPS) is 22.9. The molecule has 1 amide bonds. The predicted molar refractivity (Wildman–Crippen MR) is 90.6 cm³/mol. The van der Waals surface area contributed by atoms with Crippen LogP contribution in [0.1, 0.15) is 49.5 Å². The number of aryl methyl sites for hydroxylation is 1. The molecule has 1 atom stereocenters. The van der Waals surface area contributed by atoms with Gasteiger partial charge in [-0.15, -0.1) is 0 Å². The van der Waals surface area contributed by atoms with Crippen LogP contribution in [0, 0.1) is 18.3 Å². The molecule has 5 nitrogen and oxygen atoms in total. The molecule has 24 heavy (non-hydrogen) atoms. The van der Waals surface area contributed by atoms with E-state index in [1.54, 1.807) is 0 Å². The second-order valence-corrected chi connectivity index (χ2v) is 8.05. The van der Waals surface area contributed by atoms with Gasteiger partial charge < -0.3 is 14.7 Å². The summed E-state index contributed by atoms with van der Waals surface area (Å²) in [6, 6.07) is 5.69. The van der Waals surface area contributed by atoms with Crippen molar-refractivity contribution in [3.63, 3.8) is 0 Å². The summed E-state index contributed by atoms with van der Waals surface area (Å²) in [4.78, 5) is 26.0. The number of carbonyl (C=O) groups is 2. The first-order valence-corrected chi connectivity index (χ1v) is 8.46. The Hall–Kier alpha value is -2.04. The molecule has 1 aromatic rings. The number of nitrogens with zero attached hydrogens (tertiary/aromatic N) is 1. The number of benzene rings is 1. The Morgan fingerprint density at radius 1 is 1.29 bits per heavy atom. The number of carbonyl (C=O) groups excluding carboxylic acids is 1. The van der Waals surface area contributed by atoms with E-state index in [1.807, 2.05) is 25.1 Å². The van der Waals surface area contributed by atoms with E-state index in [0.717, 1.165) is 5.56 Å². The SMILES string of the molecule is Cc1cccc2c1C(=O)C(C(C)(C)C)C1(CCN(C(=O)O)CC1)O2. The summed E-state index contributed by atoms with van der Waals surface area (Å²) in [6.45, 7) is 8.92. The summed E-state index contributed by atoms with van der Waals surface area (Å²) in [7, 11) is 0. The molecule has 130 valence electrons. The third kappa shape index (κ3) is 2.56. The highest BCUT2D eigenvalue weighted by atomic mass is 16.5. The van der Waals surface area contributed by atoms with Gasteiger partial charge in [0.1, 0.15) is 11.4 Å². The van der Waals surface area contributed by atoms with Crippen molar-refractivity contribution >= 4 is 11.9 Å².